The van der Waals surface area contributed by atoms with E-state index in [1.165, 1.54) is 30.3 Å². The van der Waals surface area contributed by atoms with Crippen LogP contribution in [0.25, 0.3) is 11.1 Å². The highest BCUT2D eigenvalue weighted by Crippen LogP contribution is 2.44. The van der Waals surface area contributed by atoms with Gasteiger partial charge in [-0.3, -0.25) is 14.9 Å². The molecule has 31 heavy (non-hydrogen) atoms. The Bertz CT molecular complexity index is 1210. The molecule has 9 heteroatoms. The fraction of sp³-hybridized carbons (Fsp3) is 0.0909. The van der Waals surface area contributed by atoms with Gasteiger partial charge in [-0.05, 0) is 41.5 Å². The molecule has 1 N–H and O–H groups in total. The maximum atomic E-state index is 13.0. The third-order valence-corrected chi connectivity index (χ3v) is 5.65. The van der Waals surface area contributed by atoms with Gasteiger partial charge in [-0.1, -0.05) is 47.5 Å². The minimum atomic E-state index is -2.03. The second-order valence-electron chi connectivity index (χ2n) is 6.87. The molecule has 3 aromatic rings. The van der Waals surface area contributed by atoms with Gasteiger partial charge in [0.15, 0.2) is 0 Å². The molecule has 0 bridgehead atoms. The summed E-state index contributed by atoms with van der Waals surface area (Å²) in [5.41, 5.74) is -0.426. The number of carbonyl (C=O) groups excluding carboxylic acids is 2. The fourth-order valence-electron chi connectivity index (χ4n) is 3.54. The van der Waals surface area contributed by atoms with Gasteiger partial charge in [-0.2, -0.15) is 0 Å². The number of aliphatic hydroxyl groups is 1. The van der Waals surface area contributed by atoms with E-state index in [0.29, 0.717) is 5.02 Å². The van der Waals surface area contributed by atoms with Crippen molar-refractivity contribution in [3.8, 4) is 11.1 Å². The first-order valence-electron chi connectivity index (χ1n) is 9.00. The van der Waals surface area contributed by atoms with E-state index < -0.39 is 28.4 Å². The van der Waals surface area contributed by atoms with Crippen LogP contribution in [-0.2, 0) is 19.9 Å². The van der Waals surface area contributed by atoms with E-state index >= 15 is 0 Å². The summed E-state index contributed by atoms with van der Waals surface area (Å²) in [4.78, 5) is 35.5. The summed E-state index contributed by atoms with van der Waals surface area (Å²) in [6, 6.07) is 16.8. The largest absolute Gasteiger partial charge is 0.439 e. The summed E-state index contributed by atoms with van der Waals surface area (Å²) in [6.45, 7) is 0. The second kappa shape index (κ2) is 7.77. The number of esters is 1. The highest BCUT2D eigenvalue weighted by atomic mass is 35.5. The number of nitro groups is 1. The lowest BCUT2D eigenvalue weighted by molar-refractivity contribution is -0.384. The molecule has 0 spiro atoms. The Morgan fingerprint density at radius 3 is 2.06 bits per heavy atom. The molecule has 1 heterocycles. The number of nitrogens with zero attached hydrogens (tertiary/aromatic N) is 1. The number of cyclic esters (lactones) is 1. The van der Waals surface area contributed by atoms with E-state index in [1.807, 2.05) is 0 Å². The number of non-ortho nitro benzene ring substituents is 1. The van der Waals surface area contributed by atoms with Crippen LogP contribution in [0.4, 0.5) is 5.69 Å². The van der Waals surface area contributed by atoms with Crippen LogP contribution < -0.4 is 0 Å². The first kappa shape index (κ1) is 21.0. The minimum absolute atomic E-state index is 0.112. The minimum Gasteiger partial charge on any atom is -0.439 e. The third-order valence-electron chi connectivity index (χ3n) is 5.08. The van der Waals surface area contributed by atoms with Gasteiger partial charge >= 0.3 is 5.97 Å². The number of Topliss-reactive ketones (excluding diaryl/α,β-unsaturated/α-hetero) is 1. The smallest absolute Gasteiger partial charge is 0.344 e. The van der Waals surface area contributed by atoms with Crippen LogP contribution in [0.1, 0.15) is 11.1 Å². The molecule has 4 rings (SSSR count). The zero-order valence-corrected chi connectivity index (χ0v) is 17.1. The molecule has 0 radical (unpaired) electrons. The Balaban J connectivity index is 1.87. The molecule has 0 aliphatic carbocycles. The Morgan fingerprint density at radius 1 is 0.935 bits per heavy atom. The number of hydrogen-bond acceptors (Lipinski definition) is 6. The lowest BCUT2D eigenvalue weighted by atomic mass is 9.81. The number of carbonyl (C=O) groups is 2. The SMILES string of the molecule is O=C1OC(c2ccc([N+](=O)[O-])cc2)(c2ccc(-c3ccc(Cl)cc3)cc2Cl)C(=O)C1O. The van der Waals surface area contributed by atoms with Crippen LogP contribution in [-0.4, -0.2) is 27.9 Å². The van der Waals surface area contributed by atoms with Gasteiger partial charge in [0.1, 0.15) is 0 Å². The monoisotopic (exact) mass is 457 g/mol. The van der Waals surface area contributed by atoms with Crippen molar-refractivity contribution in [2.75, 3.05) is 0 Å². The van der Waals surface area contributed by atoms with E-state index in [2.05, 4.69) is 0 Å². The molecule has 2 unspecified atom stereocenters. The number of halogens is 2. The molecule has 0 aromatic heterocycles. The van der Waals surface area contributed by atoms with Crippen molar-refractivity contribution in [1.82, 2.24) is 0 Å². The number of hydrogen-bond donors (Lipinski definition) is 1. The highest BCUT2D eigenvalue weighted by molar-refractivity contribution is 6.32. The molecule has 0 amide bonds. The van der Waals surface area contributed by atoms with E-state index in [9.17, 15) is 24.8 Å². The number of ketones is 1. The molecule has 1 aliphatic heterocycles. The van der Waals surface area contributed by atoms with Crippen LogP contribution in [0.5, 0.6) is 0 Å². The average molecular weight is 458 g/mol. The summed E-state index contributed by atoms with van der Waals surface area (Å²) in [6.07, 6.45) is -2.00. The Labute approximate surface area is 185 Å². The average Bonchev–Trinajstić information content (AvgIpc) is 2.99. The van der Waals surface area contributed by atoms with Crippen molar-refractivity contribution in [2.45, 2.75) is 11.7 Å². The summed E-state index contributed by atoms with van der Waals surface area (Å²) in [5, 5.41) is 21.7. The summed E-state index contributed by atoms with van der Waals surface area (Å²) in [7, 11) is 0. The molecule has 7 nitrogen and oxygen atoms in total. The van der Waals surface area contributed by atoms with Gasteiger partial charge in [-0.15, -0.1) is 0 Å². The molecule has 156 valence electrons. The number of benzene rings is 3. The van der Waals surface area contributed by atoms with Gasteiger partial charge in [0.25, 0.3) is 5.69 Å². The molecule has 2 atom stereocenters. The number of ether oxygens (including phenoxy) is 1. The Morgan fingerprint density at radius 2 is 1.55 bits per heavy atom. The van der Waals surface area contributed by atoms with E-state index in [0.717, 1.165) is 11.1 Å². The highest BCUT2D eigenvalue weighted by Gasteiger charge is 2.58. The lowest BCUT2D eigenvalue weighted by Crippen LogP contribution is -2.37. The molecule has 0 saturated carbocycles. The second-order valence-corrected chi connectivity index (χ2v) is 7.72. The maximum Gasteiger partial charge on any atom is 0.344 e. The Kier molecular flexibility index (Phi) is 5.26. The summed E-state index contributed by atoms with van der Waals surface area (Å²) in [5.74, 6) is -2.05. The van der Waals surface area contributed by atoms with Gasteiger partial charge < -0.3 is 9.84 Å². The molecule has 1 saturated heterocycles. The van der Waals surface area contributed by atoms with Gasteiger partial charge in [-0.25, -0.2) is 4.79 Å². The van der Waals surface area contributed by atoms with Crippen molar-refractivity contribution in [3.63, 3.8) is 0 Å². The van der Waals surface area contributed by atoms with Crippen molar-refractivity contribution in [1.29, 1.82) is 0 Å². The van der Waals surface area contributed by atoms with Crippen LogP contribution >= 0.6 is 23.2 Å². The maximum absolute atomic E-state index is 13.0. The number of rotatable bonds is 4. The third kappa shape index (κ3) is 3.46. The first-order valence-corrected chi connectivity index (χ1v) is 9.76. The summed E-state index contributed by atoms with van der Waals surface area (Å²) >= 11 is 12.4. The molecular weight excluding hydrogens is 445 g/mol. The topological polar surface area (TPSA) is 107 Å². The predicted octanol–water partition coefficient (Wildman–Crippen LogP) is 4.30. The first-order chi connectivity index (χ1) is 14.7. The van der Waals surface area contributed by atoms with Gasteiger partial charge in [0.05, 0.1) is 4.92 Å². The van der Waals surface area contributed by atoms with Crippen LogP contribution in [0, 0.1) is 10.1 Å². The van der Waals surface area contributed by atoms with E-state index in [-0.39, 0.29) is 21.8 Å². The lowest BCUT2D eigenvalue weighted by Gasteiger charge is -2.28. The number of nitro benzene ring substituents is 1. The predicted molar refractivity (Wildman–Crippen MR) is 113 cm³/mol. The number of aliphatic hydroxyl groups excluding tert-OH is 1. The van der Waals surface area contributed by atoms with Crippen LogP contribution in [0.2, 0.25) is 10.0 Å². The molecular formula is C22H13Cl2NO6. The standard InChI is InChI=1S/C22H13Cl2NO6/c23-15-6-1-12(2-7-15)13-3-10-17(18(24)11-13)22(20(27)19(26)21(28)31-22)14-4-8-16(9-5-14)25(29)30/h1-11,19,26H. The summed E-state index contributed by atoms with van der Waals surface area (Å²) < 4.78 is 5.38. The van der Waals surface area contributed by atoms with Crippen molar-refractivity contribution in [2.24, 2.45) is 0 Å². The molecule has 1 fully saturated rings. The van der Waals surface area contributed by atoms with Crippen LogP contribution in [0.15, 0.2) is 66.7 Å². The van der Waals surface area contributed by atoms with E-state index in [4.69, 9.17) is 27.9 Å². The van der Waals surface area contributed by atoms with Crippen molar-refractivity contribution < 1.29 is 24.4 Å². The molecule has 1 aliphatic rings. The van der Waals surface area contributed by atoms with Crippen molar-refractivity contribution in [3.05, 3.63) is 98.0 Å². The zero-order chi connectivity index (χ0) is 22.3. The van der Waals surface area contributed by atoms with Gasteiger partial charge in [0, 0.05) is 33.3 Å². The van der Waals surface area contributed by atoms with E-state index in [1.54, 1.807) is 36.4 Å². The van der Waals surface area contributed by atoms with Crippen LogP contribution in [0.3, 0.4) is 0 Å². The van der Waals surface area contributed by atoms with Gasteiger partial charge in [0.2, 0.25) is 17.5 Å². The van der Waals surface area contributed by atoms with Crippen molar-refractivity contribution >= 4 is 40.6 Å². The Hall–Kier alpha value is -3.26. The normalized spacial score (nSPS) is 20.5. The fourth-order valence-corrected chi connectivity index (χ4v) is 3.98. The molecule has 3 aromatic carbocycles. The quantitative estimate of drug-likeness (QED) is 0.271. The zero-order valence-electron chi connectivity index (χ0n) is 15.6.